The van der Waals surface area contributed by atoms with Crippen LogP contribution in [0.5, 0.6) is 0 Å². The average Bonchev–Trinajstić information content (AvgIpc) is 3.37. The average molecular weight is 383 g/mol. The molecule has 1 N–H and O–H groups in total. The number of para-hydroxylation sites is 1. The molecule has 4 rings (SSSR count). The van der Waals surface area contributed by atoms with E-state index in [9.17, 15) is 9.59 Å². The number of hydrogen-bond acceptors (Lipinski definition) is 5. The molecule has 1 saturated heterocycles. The van der Waals surface area contributed by atoms with Crippen molar-refractivity contribution >= 4 is 33.4 Å². The molecule has 1 fully saturated rings. The summed E-state index contributed by atoms with van der Waals surface area (Å²) in [5, 5.41) is 3.84. The van der Waals surface area contributed by atoms with Crippen LogP contribution in [0.15, 0.2) is 47.1 Å². The molecule has 0 bridgehead atoms. The van der Waals surface area contributed by atoms with Gasteiger partial charge in [0.1, 0.15) is 0 Å². The SMILES string of the molecule is O=C(NCCC(=O)N1CCCC(c2nc3ccccc3s2)C1)c1ccco1. The molecule has 3 aromatic rings. The Labute approximate surface area is 161 Å². The number of carbonyl (C=O) groups excluding carboxylic acids is 2. The minimum absolute atomic E-state index is 0.0700. The Balaban J connectivity index is 1.32. The van der Waals surface area contributed by atoms with Gasteiger partial charge in [0.05, 0.1) is 21.5 Å². The predicted molar refractivity (Wildman–Crippen MR) is 104 cm³/mol. The van der Waals surface area contributed by atoms with E-state index in [1.165, 1.54) is 11.0 Å². The number of amides is 2. The largest absolute Gasteiger partial charge is 0.459 e. The maximum absolute atomic E-state index is 12.5. The smallest absolute Gasteiger partial charge is 0.286 e. The van der Waals surface area contributed by atoms with E-state index in [1.54, 1.807) is 23.5 Å². The first-order valence-electron chi connectivity index (χ1n) is 9.15. The zero-order valence-corrected chi connectivity index (χ0v) is 15.7. The van der Waals surface area contributed by atoms with E-state index in [4.69, 9.17) is 9.40 Å². The third-order valence-electron chi connectivity index (χ3n) is 4.80. The highest BCUT2D eigenvalue weighted by molar-refractivity contribution is 7.18. The van der Waals surface area contributed by atoms with Gasteiger partial charge in [0.25, 0.3) is 5.91 Å². The van der Waals surface area contributed by atoms with Crippen LogP contribution in [0.4, 0.5) is 0 Å². The second kappa shape index (κ2) is 7.92. The Bertz CT molecular complexity index is 902. The summed E-state index contributed by atoms with van der Waals surface area (Å²) < 4.78 is 6.24. The number of aromatic nitrogens is 1. The van der Waals surface area contributed by atoms with Crippen molar-refractivity contribution in [3.63, 3.8) is 0 Å². The third kappa shape index (κ3) is 4.03. The van der Waals surface area contributed by atoms with Crippen molar-refractivity contribution in [3.05, 3.63) is 53.4 Å². The van der Waals surface area contributed by atoms with E-state index in [0.717, 1.165) is 29.9 Å². The number of rotatable bonds is 5. The number of nitrogens with zero attached hydrogens (tertiary/aromatic N) is 2. The van der Waals surface area contributed by atoms with Crippen LogP contribution < -0.4 is 5.32 Å². The summed E-state index contributed by atoms with van der Waals surface area (Å²) in [5.74, 6) is 0.327. The molecule has 27 heavy (non-hydrogen) atoms. The molecule has 2 amide bonds. The highest BCUT2D eigenvalue weighted by Gasteiger charge is 2.26. The van der Waals surface area contributed by atoms with Gasteiger partial charge in [0.2, 0.25) is 5.91 Å². The van der Waals surface area contributed by atoms with Gasteiger partial charge in [0, 0.05) is 32.0 Å². The van der Waals surface area contributed by atoms with Gasteiger partial charge in [-0.2, -0.15) is 0 Å². The first-order valence-corrected chi connectivity index (χ1v) is 9.97. The Morgan fingerprint density at radius 2 is 2.15 bits per heavy atom. The molecule has 1 aliphatic heterocycles. The van der Waals surface area contributed by atoms with Crippen LogP contribution in [0, 0.1) is 0 Å². The van der Waals surface area contributed by atoms with Gasteiger partial charge < -0.3 is 14.6 Å². The number of carbonyl (C=O) groups is 2. The zero-order valence-electron chi connectivity index (χ0n) is 14.9. The molecule has 0 aliphatic carbocycles. The molecule has 2 aromatic heterocycles. The first-order chi connectivity index (χ1) is 13.2. The van der Waals surface area contributed by atoms with Gasteiger partial charge in [-0.3, -0.25) is 9.59 Å². The molecule has 1 unspecified atom stereocenters. The lowest BCUT2D eigenvalue weighted by molar-refractivity contribution is -0.132. The molecular weight excluding hydrogens is 362 g/mol. The van der Waals surface area contributed by atoms with Crippen LogP contribution in [-0.4, -0.2) is 41.3 Å². The summed E-state index contributed by atoms with van der Waals surface area (Å²) in [4.78, 5) is 31.1. The fourth-order valence-electron chi connectivity index (χ4n) is 3.41. The molecule has 1 aromatic carbocycles. The Hall–Kier alpha value is -2.67. The third-order valence-corrected chi connectivity index (χ3v) is 6.00. The molecule has 0 spiro atoms. The van der Waals surface area contributed by atoms with Crippen LogP contribution in [-0.2, 0) is 4.79 Å². The van der Waals surface area contributed by atoms with E-state index in [1.807, 2.05) is 23.1 Å². The van der Waals surface area contributed by atoms with Crippen molar-refractivity contribution in [1.29, 1.82) is 0 Å². The van der Waals surface area contributed by atoms with Gasteiger partial charge in [-0.15, -0.1) is 11.3 Å². The van der Waals surface area contributed by atoms with Crippen molar-refractivity contribution in [2.45, 2.75) is 25.2 Å². The van der Waals surface area contributed by atoms with Gasteiger partial charge >= 0.3 is 0 Å². The number of piperidine rings is 1. The number of likely N-dealkylation sites (tertiary alicyclic amines) is 1. The van der Waals surface area contributed by atoms with Crippen molar-refractivity contribution in [2.75, 3.05) is 19.6 Å². The summed E-state index contributed by atoms with van der Waals surface area (Å²) >= 11 is 1.72. The van der Waals surface area contributed by atoms with Gasteiger partial charge in [-0.1, -0.05) is 12.1 Å². The lowest BCUT2D eigenvalue weighted by Gasteiger charge is -2.32. The van der Waals surface area contributed by atoms with Crippen LogP contribution in [0.1, 0.15) is 40.7 Å². The van der Waals surface area contributed by atoms with Crippen LogP contribution in [0.25, 0.3) is 10.2 Å². The summed E-state index contributed by atoms with van der Waals surface area (Å²) in [6.07, 6.45) is 3.78. The lowest BCUT2D eigenvalue weighted by atomic mass is 9.98. The van der Waals surface area contributed by atoms with E-state index in [2.05, 4.69) is 11.4 Å². The molecule has 7 heteroatoms. The summed E-state index contributed by atoms with van der Waals surface area (Å²) in [6.45, 7) is 1.78. The van der Waals surface area contributed by atoms with Gasteiger partial charge in [0.15, 0.2) is 5.76 Å². The van der Waals surface area contributed by atoms with Gasteiger partial charge in [-0.05, 0) is 37.1 Å². The molecule has 6 nitrogen and oxygen atoms in total. The summed E-state index contributed by atoms with van der Waals surface area (Å²) in [5.41, 5.74) is 1.03. The Kier molecular flexibility index (Phi) is 5.20. The highest BCUT2D eigenvalue weighted by atomic mass is 32.1. The van der Waals surface area contributed by atoms with Gasteiger partial charge in [-0.25, -0.2) is 4.98 Å². The second-order valence-corrected chi connectivity index (χ2v) is 7.74. The molecular formula is C20H21N3O3S. The maximum Gasteiger partial charge on any atom is 0.286 e. The lowest BCUT2D eigenvalue weighted by Crippen LogP contribution is -2.40. The minimum Gasteiger partial charge on any atom is -0.459 e. The fraction of sp³-hybridized carbons (Fsp3) is 0.350. The number of thiazole rings is 1. The molecule has 3 heterocycles. The monoisotopic (exact) mass is 383 g/mol. The summed E-state index contributed by atoms with van der Waals surface area (Å²) in [6, 6.07) is 11.4. The molecule has 0 saturated carbocycles. The number of nitrogens with one attached hydrogen (secondary N) is 1. The number of furan rings is 1. The van der Waals surface area contributed by atoms with E-state index < -0.39 is 0 Å². The molecule has 140 valence electrons. The Morgan fingerprint density at radius 1 is 1.26 bits per heavy atom. The molecule has 1 atom stereocenters. The minimum atomic E-state index is -0.293. The van der Waals surface area contributed by atoms with Crippen molar-refractivity contribution in [3.8, 4) is 0 Å². The normalized spacial score (nSPS) is 17.2. The fourth-order valence-corrected chi connectivity index (χ4v) is 4.50. The zero-order chi connectivity index (χ0) is 18.6. The standard InChI is InChI=1S/C20H21N3O3S/c24-18(9-10-21-19(25)16-7-4-12-26-16)23-11-3-5-14(13-23)20-22-15-6-1-2-8-17(15)27-20/h1-2,4,6-8,12,14H,3,5,9-11,13H2,(H,21,25). The number of benzene rings is 1. The predicted octanol–water partition coefficient (Wildman–Crippen LogP) is 3.42. The van der Waals surface area contributed by atoms with E-state index in [0.29, 0.717) is 19.5 Å². The number of fused-ring (bicyclic) bond motifs is 1. The van der Waals surface area contributed by atoms with Crippen LogP contribution in [0.2, 0.25) is 0 Å². The quantitative estimate of drug-likeness (QED) is 0.733. The Morgan fingerprint density at radius 3 is 2.96 bits per heavy atom. The molecule has 0 radical (unpaired) electrons. The number of hydrogen-bond donors (Lipinski definition) is 1. The highest BCUT2D eigenvalue weighted by Crippen LogP contribution is 2.33. The van der Waals surface area contributed by atoms with E-state index in [-0.39, 0.29) is 23.5 Å². The summed E-state index contributed by atoms with van der Waals surface area (Å²) in [7, 11) is 0. The first kappa shape index (κ1) is 17.7. The molecule has 1 aliphatic rings. The second-order valence-electron chi connectivity index (χ2n) is 6.68. The maximum atomic E-state index is 12.5. The van der Waals surface area contributed by atoms with Crippen molar-refractivity contribution < 1.29 is 14.0 Å². The van der Waals surface area contributed by atoms with Crippen LogP contribution in [0.3, 0.4) is 0 Å². The van der Waals surface area contributed by atoms with Crippen LogP contribution >= 0.6 is 11.3 Å². The van der Waals surface area contributed by atoms with Crippen molar-refractivity contribution in [2.24, 2.45) is 0 Å². The van der Waals surface area contributed by atoms with Crippen molar-refractivity contribution in [1.82, 2.24) is 15.2 Å². The topological polar surface area (TPSA) is 75.4 Å². The van der Waals surface area contributed by atoms with E-state index >= 15 is 0 Å².